The first-order valence-electron chi connectivity index (χ1n) is 9.29. The summed E-state index contributed by atoms with van der Waals surface area (Å²) in [5, 5.41) is 12.6. The molecule has 1 atom stereocenters. The second-order valence-electron chi connectivity index (χ2n) is 7.27. The highest BCUT2D eigenvalue weighted by molar-refractivity contribution is 5.91. The zero-order valence-corrected chi connectivity index (χ0v) is 15.7. The van der Waals surface area contributed by atoms with Gasteiger partial charge < -0.3 is 15.5 Å². The normalized spacial score (nSPS) is 15.8. The van der Waals surface area contributed by atoms with Crippen LogP contribution in [0.1, 0.15) is 22.6 Å². The van der Waals surface area contributed by atoms with Crippen molar-refractivity contribution in [2.24, 2.45) is 5.73 Å². The highest BCUT2D eigenvalue weighted by Crippen LogP contribution is 2.44. The predicted octanol–water partition coefficient (Wildman–Crippen LogP) is 4.21. The number of fused-ring (bicyclic) bond motifs is 4. The lowest BCUT2D eigenvalue weighted by Gasteiger charge is -2.27. The number of ether oxygens (including phenoxy) is 1. The van der Waals surface area contributed by atoms with E-state index in [2.05, 4.69) is 11.1 Å². The molecule has 5 nitrogen and oxygen atoms in total. The number of aryl methyl sites for hydroxylation is 1. The molecule has 0 saturated carbocycles. The predicted molar refractivity (Wildman–Crippen MR) is 113 cm³/mol. The van der Waals surface area contributed by atoms with Crippen molar-refractivity contribution < 1.29 is 4.74 Å². The summed E-state index contributed by atoms with van der Waals surface area (Å²) in [5.74, 6) is 0.0282. The molecule has 3 N–H and O–H groups in total. The van der Waals surface area contributed by atoms with E-state index in [4.69, 9.17) is 10.5 Å². The molecule has 5 heteroatoms. The first kappa shape index (κ1) is 17.1. The Morgan fingerprint density at radius 1 is 1.03 bits per heavy atom. The van der Waals surface area contributed by atoms with Crippen LogP contribution in [0.15, 0.2) is 76.9 Å². The number of nitrogens with one attached hydrogen (secondary N) is 1. The summed E-state index contributed by atoms with van der Waals surface area (Å²) in [6, 6.07) is 21.5. The molecule has 29 heavy (non-hydrogen) atoms. The number of hydrogen-bond donors (Lipinski definition) is 2. The summed E-state index contributed by atoms with van der Waals surface area (Å²) in [6.45, 7) is 2.00. The topological polar surface area (TPSA) is 91.9 Å². The fraction of sp³-hybridized carbons (Fsp3) is 0.0833. The zero-order chi connectivity index (χ0) is 20.1. The Kier molecular flexibility index (Phi) is 3.68. The van der Waals surface area contributed by atoms with E-state index in [1.54, 1.807) is 0 Å². The molecule has 0 fully saturated rings. The van der Waals surface area contributed by atoms with Crippen LogP contribution in [0.3, 0.4) is 0 Å². The lowest BCUT2D eigenvalue weighted by atomic mass is 9.82. The molecule has 0 bridgehead atoms. The van der Waals surface area contributed by atoms with E-state index in [1.807, 2.05) is 67.6 Å². The van der Waals surface area contributed by atoms with Crippen molar-refractivity contribution in [1.29, 1.82) is 5.26 Å². The van der Waals surface area contributed by atoms with Crippen LogP contribution in [-0.2, 0) is 0 Å². The number of nitrogens with two attached hydrogens (primary N) is 1. The Hall–Kier alpha value is -4.04. The zero-order valence-electron chi connectivity index (χ0n) is 15.7. The van der Waals surface area contributed by atoms with Gasteiger partial charge in [-0.25, -0.2) is 0 Å². The molecule has 1 aliphatic rings. The van der Waals surface area contributed by atoms with Crippen molar-refractivity contribution in [3.8, 4) is 11.8 Å². The number of pyridine rings is 1. The Balaban J connectivity index is 1.84. The Labute approximate surface area is 166 Å². The molecule has 0 amide bonds. The van der Waals surface area contributed by atoms with E-state index in [-0.39, 0.29) is 17.0 Å². The van der Waals surface area contributed by atoms with Crippen LogP contribution in [0.25, 0.3) is 21.7 Å². The third kappa shape index (κ3) is 2.58. The lowest BCUT2D eigenvalue weighted by Crippen LogP contribution is -2.25. The van der Waals surface area contributed by atoms with Gasteiger partial charge in [-0.15, -0.1) is 0 Å². The average molecular weight is 379 g/mol. The van der Waals surface area contributed by atoms with Gasteiger partial charge in [0.25, 0.3) is 5.56 Å². The molecule has 2 heterocycles. The van der Waals surface area contributed by atoms with Crippen LogP contribution in [-0.4, -0.2) is 4.98 Å². The van der Waals surface area contributed by atoms with Crippen LogP contribution in [0.5, 0.6) is 5.75 Å². The monoisotopic (exact) mass is 379 g/mol. The van der Waals surface area contributed by atoms with E-state index in [9.17, 15) is 10.1 Å². The van der Waals surface area contributed by atoms with Gasteiger partial charge in [-0.2, -0.15) is 5.26 Å². The second kappa shape index (κ2) is 6.25. The molecule has 140 valence electrons. The fourth-order valence-corrected chi connectivity index (χ4v) is 4.06. The van der Waals surface area contributed by atoms with Gasteiger partial charge in [-0.3, -0.25) is 4.79 Å². The maximum Gasteiger partial charge on any atom is 0.252 e. The van der Waals surface area contributed by atoms with E-state index in [1.165, 1.54) is 0 Å². The molecule has 0 unspecified atom stereocenters. The Morgan fingerprint density at radius 2 is 1.86 bits per heavy atom. The number of hydrogen-bond acceptors (Lipinski definition) is 4. The molecule has 3 aromatic carbocycles. The highest BCUT2D eigenvalue weighted by atomic mass is 16.5. The number of H-pyrrole nitrogens is 1. The minimum absolute atomic E-state index is 0.0325. The molecule has 4 aromatic rings. The summed E-state index contributed by atoms with van der Waals surface area (Å²) in [7, 11) is 0. The molecule has 0 spiro atoms. The van der Waals surface area contributed by atoms with Gasteiger partial charge in [-0.05, 0) is 35.9 Å². The largest absolute Gasteiger partial charge is 0.440 e. The summed E-state index contributed by atoms with van der Waals surface area (Å²) >= 11 is 0. The number of aromatic amines is 1. The number of aromatic nitrogens is 1. The highest BCUT2D eigenvalue weighted by Gasteiger charge is 2.33. The quantitative estimate of drug-likeness (QED) is 0.518. The maximum atomic E-state index is 13.0. The van der Waals surface area contributed by atoms with Crippen LogP contribution in [0, 0.1) is 18.3 Å². The van der Waals surface area contributed by atoms with Gasteiger partial charge in [0.1, 0.15) is 17.4 Å². The van der Waals surface area contributed by atoms with E-state index in [0.717, 1.165) is 32.8 Å². The third-order valence-electron chi connectivity index (χ3n) is 5.45. The molecule has 1 aliphatic heterocycles. The van der Waals surface area contributed by atoms with Crippen LogP contribution >= 0.6 is 0 Å². The van der Waals surface area contributed by atoms with E-state index < -0.39 is 5.92 Å². The molecular formula is C24H17N3O2. The maximum absolute atomic E-state index is 13.0. The molecule has 0 saturated heterocycles. The first-order chi connectivity index (χ1) is 14.1. The summed E-state index contributed by atoms with van der Waals surface area (Å²) < 4.78 is 5.87. The van der Waals surface area contributed by atoms with E-state index >= 15 is 0 Å². The van der Waals surface area contributed by atoms with Crippen molar-refractivity contribution in [1.82, 2.24) is 4.98 Å². The molecule has 0 radical (unpaired) electrons. The standard InChI is InChI=1S/C24H17N3O2/c1-13-6-9-20-15(10-13)11-18(24(28)27-20)21-17-8-7-14-4-2-3-5-16(14)22(17)29-23(26)19(21)12-25/h2-11,21H,26H2,1H3,(H,27,28)/t21-/m1/s1. The molecule has 0 aliphatic carbocycles. The van der Waals surface area contributed by atoms with Gasteiger partial charge in [0, 0.05) is 22.0 Å². The minimum Gasteiger partial charge on any atom is -0.440 e. The van der Waals surface area contributed by atoms with Crippen molar-refractivity contribution in [2.45, 2.75) is 12.8 Å². The van der Waals surface area contributed by atoms with Crippen molar-refractivity contribution in [3.63, 3.8) is 0 Å². The number of nitriles is 1. The molecule has 1 aromatic heterocycles. The SMILES string of the molecule is Cc1ccc2[nH]c(=O)c([C@@H]3C(C#N)=C(N)Oc4c3ccc3ccccc43)cc2c1. The number of allylic oxidation sites excluding steroid dienone is 1. The fourth-order valence-electron chi connectivity index (χ4n) is 4.06. The number of rotatable bonds is 1. The van der Waals surface area contributed by atoms with Gasteiger partial charge in [0.2, 0.25) is 5.88 Å². The summed E-state index contributed by atoms with van der Waals surface area (Å²) in [5.41, 5.74) is 9.20. The van der Waals surface area contributed by atoms with Crippen LogP contribution < -0.4 is 16.0 Å². The Morgan fingerprint density at radius 3 is 2.69 bits per heavy atom. The first-order valence-corrected chi connectivity index (χ1v) is 9.29. The molecule has 5 rings (SSSR count). The van der Waals surface area contributed by atoms with Crippen LogP contribution in [0.4, 0.5) is 0 Å². The van der Waals surface area contributed by atoms with Crippen molar-refractivity contribution >= 4 is 21.7 Å². The minimum atomic E-state index is -0.595. The van der Waals surface area contributed by atoms with Gasteiger partial charge >= 0.3 is 0 Å². The molecular weight excluding hydrogens is 362 g/mol. The van der Waals surface area contributed by atoms with Crippen molar-refractivity contribution in [2.75, 3.05) is 0 Å². The number of nitrogens with zero attached hydrogens (tertiary/aromatic N) is 1. The van der Waals surface area contributed by atoms with Gasteiger partial charge in [-0.1, -0.05) is 48.0 Å². The average Bonchev–Trinajstić information content (AvgIpc) is 2.72. The van der Waals surface area contributed by atoms with Gasteiger partial charge in [0.15, 0.2) is 0 Å². The summed E-state index contributed by atoms with van der Waals surface area (Å²) in [4.78, 5) is 15.9. The summed E-state index contributed by atoms with van der Waals surface area (Å²) in [6.07, 6.45) is 0. The van der Waals surface area contributed by atoms with Gasteiger partial charge in [0.05, 0.1) is 5.92 Å². The Bertz CT molecular complexity index is 1440. The third-order valence-corrected chi connectivity index (χ3v) is 5.45. The smallest absolute Gasteiger partial charge is 0.252 e. The lowest BCUT2D eigenvalue weighted by molar-refractivity contribution is 0.398. The van der Waals surface area contributed by atoms with Crippen LogP contribution in [0.2, 0.25) is 0 Å². The second-order valence-corrected chi connectivity index (χ2v) is 7.27. The number of benzene rings is 3. The van der Waals surface area contributed by atoms with Crippen molar-refractivity contribution in [3.05, 3.63) is 99.2 Å². The van der Waals surface area contributed by atoms with E-state index in [0.29, 0.717) is 11.3 Å².